The van der Waals surface area contributed by atoms with Crippen molar-refractivity contribution in [1.82, 2.24) is 5.43 Å². The van der Waals surface area contributed by atoms with Crippen LogP contribution in [0.15, 0.2) is 41.5 Å². The molecule has 2 aromatic rings. The Morgan fingerprint density at radius 1 is 1.19 bits per heavy atom. The zero-order valence-corrected chi connectivity index (χ0v) is 15.2. The number of fused-ring (bicyclic) bond motifs is 1. The summed E-state index contributed by atoms with van der Waals surface area (Å²) in [5.41, 5.74) is 3.93. The summed E-state index contributed by atoms with van der Waals surface area (Å²) in [5, 5.41) is 15.0. The molecule has 3 rings (SSSR count). The minimum Gasteiger partial charge on any atom is -0.454 e. The number of nitro groups is 1. The number of carbonyl (C=O) groups is 1. The Morgan fingerprint density at radius 2 is 1.81 bits per heavy atom. The van der Waals surface area contributed by atoms with E-state index in [0.29, 0.717) is 17.1 Å². The summed E-state index contributed by atoms with van der Waals surface area (Å²) in [4.78, 5) is 22.9. The van der Waals surface area contributed by atoms with E-state index in [2.05, 4.69) is 31.3 Å². The smallest absolute Gasteiger partial charge is 0.282 e. The predicted octanol–water partition coefficient (Wildman–Crippen LogP) is 3.38. The molecule has 1 aliphatic rings. The second-order valence-corrected chi connectivity index (χ2v) is 7.05. The summed E-state index contributed by atoms with van der Waals surface area (Å²) in [6.45, 7) is 6.27. The Balaban J connectivity index is 1.74. The second kappa shape index (κ2) is 7.06. The first-order chi connectivity index (χ1) is 12.8. The second-order valence-electron chi connectivity index (χ2n) is 7.05. The molecule has 8 heteroatoms. The molecule has 0 aromatic heterocycles. The summed E-state index contributed by atoms with van der Waals surface area (Å²) in [5.74, 6) is 0.295. The number of nitrogens with zero attached hydrogens (tertiary/aromatic N) is 2. The van der Waals surface area contributed by atoms with Crippen molar-refractivity contribution in [2.45, 2.75) is 26.2 Å². The Bertz CT molecular complexity index is 914. The molecule has 0 atom stereocenters. The lowest BCUT2D eigenvalue weighted by Crippen LogP contribution is -2.18. The molecule has 0 spiro atoms. The third kappa shape index (κ3) is 4.05. The lowest BCUT2D eigenvalue weighted by atomic mass is 9.87. The van der Waals surface area contributed by atoms with E-state index >= 15 is 0 Å². The van der Waals surface area contributed by atoms with Gasteiger partial charge in [-0.25, -0.2) is 5.43 Å². The summed E-state index contributed by atoms with van der Waals surface area (Å²) in [6.07, 6.45) is 1.21. The van der Waals surface area contributed by atoms with Gasteiger partial charge in [-0.2, -0.15) is 5.10 Å². The number of hydrogen-bond donors (Lipinski definition) is 1. The molecule has 0 aliphatic carbocycles. The number of rotatable bonds is 4. The van der Waals surface area contributed by atoms with E-state index in [9.17, 15) is 14.9 Å². The highest BCUT2D eigenvalue weighted by Crippen LogP contribution is 2.37. The van der Waals surface area contributed by atoms with Gasteiger partial charge in [-0.05, 0) is 29.2 Å². The van der Waals surface area contributed by atoms with E-state index in [1.807, 2.05) is 12.1 Å². The number of nitro benzene ring substituents is 1. The van der Waals surface area contributed by atoms with E-state index in [4.69, 9.17) is 9.47 Å². The van der Waals surface area contributed by atoms with Crippen LogP contribution in [0.25, 0.3) is 0 Å². The zero-order valence-electron chi connectivity index (χ0n) is 15.2. The summed E-state index contributed by atoms with van der Waals surface area (Å²) < 4.78 is 10.4. The van der Waals surface area contributed by atoms with Crippen LogP contribution in [0.5, 0.6) is 11.5 Å². The molecule has 1 N–H and O–H groups in total. The maximum atomic E-state index is 12.2. The van der Waals surface area contributed by atoms with Gasteiger partial charge in [0.2, 0.25) is 6.79 Å². The monoisotopic (exact) mass is 369 g/mol. The first-order valence-electron chi connectivity index (χ1n) is 8.28. The normalized spacial score (nSPS) is 13.0. The lowest BCUT2D eigenvalue weighted by molar-refractivity contribution is -0.385. The van der Waals surface area contributed by atoms with Crippen molar-refractivity contribution in [3.05, 3.63) is 63.2 Å². The van der Waals surface area contributed by atoms with E-state index in [-0.39, 0.29) is 23.5 Å². The Hall–Kier alpha value is -3.42. The van der Waals surface area contributed by atoms with Gasteiger partial charge in [0.1, 0.15) is 0 Å². The van der Waals surface area contributed by atoms with Crippen LogP contribution in [0.4, 0.5) is 5.69 Å². The average molecular weight is 369 g/mol. The molecule has 0 saturated carbocycles. The van der Waals surface area contributed by atoms with Gasteiger partial charge in [0.05, 0.1) is 22.8 Å². The van der Waals surface area contributed by atoms with Crippen LogP contribution < -0.4 is 14.9 Å². The minimum atomic E-state index is -0.545. The van der Waals surface area contributed by atoms with Gasteiger partial charge >= 0.3 is 0 Å². The molecule has 140 valence electrons. The molecule has 1 heterocycles. The third-order valence-electron chi connectivity index (χ3n) is 4.10. The molecule has 2 aromatic carbocycles. The van der Waals surface area contributed by atoms with Gasteiger partial charge < -0.3 is 9.47 Å². The van der Waals surface area contributed by atoms with Crippen molar-refractivity contribution in [2.24, 2.45) is 5.10 Å². The number of hydrogen-bond acceptors (Lipinski definition) is 6. The van der Waals surface area contributed by atoms with Gasteiger partial charge in [0, 0.05) is 5.56 Å². The molecule has 0 bridgehead atoms. The molecule has 1 amide bonds. The van der Waals surface area contributed by atoms with Crippen LogP contribution >= 0.6 is 0 Å². The number of ether oxygens (including phenoxy) is 2. The highest BCUT2D eigenvalue weighted by Gasteiger charge is 2.22. The molecule has 0 fully saturated rings. The predicted molar refractivity (Wildman–Crippen MR) is 99.4 cm³/mol. The van der Waals surface area contributed by atoms with Crippen LogP contribution in [0, 0.1) is 10.1 Å². The number of nitrogens with one attached hydrogen (secondary N) is 1. The fourth-order valence-corrected chi connectivity index (χ4v) is 2.56. The molecule has 0 saturated heterocycles. The van der Waals surface area contributed by atoms with E-state index in [1.165, 1.54) is 18.3 Å². The molecule has 0 unspecified atom stereocenters. The van der Waals surface area contributed by atoms with Crippen molar-refractivity contribution in [3.63, 3.8) is 0 Å². The first-order valence-corrected chi connectivity index (χ1v) is 8.28. The summed E-state index contributed by atoms with van der Waals surface area (Å²) >= 11 is 0. The van der Waals surface area contributed by atoms with E-state index in [1.54, 1.807) is 12.1 Å². The van der Waals surface area contributed by atoms with Gasteiger partial charge in [-0.15, -0.1) is 0 Å². The van der Waals surface area contributed by atoms with Crippen LogP contribution in [0.3, 0.4) is 0 Å². The lowest BCUT2D eigenvalue weighted by Gasteiger charge is -2.18. The average Bonchev–Trinajstić information content (AvgIpc) is 3.07. The molecule has 27 heavy (non-hydrogen) atoms. The van der Waals surface area contributed by atoms with Crippen molar-refractivity contribution >= 4 is 17.8 Å². The van der Waals surface area contributed by atoms with E-state index < -0.39 is 10.8 Å². The fourth-order valence-electron chi connectivity index (χ4n) is 2.56. The highest BCUT2D eigenvalue weighted by molar-refractivity contribution is 5.95. The molecule has 0 radical (unpaired) electrons. The standard InChI is InChI=1S/C19H19N3O5/c1-19(2,3)14-6-4-12(5-7-14)18(23)21-20-10-13-8-16-17(27-11-26-16)9-15(13)22(24)25/h4-10H,11H2,1-3H3,(H,21,23). The fraction of sp³-hybridized carbons (Fsp3) is 0.263. The van der Waals surface area contributed by atoms with Crippen molar-refractivity contribution < 1.29 is 19.2 Å². The number of hydrazone groups is 1. The van der Waals surface area contributed by atoms with Gasteiger partial charge in [0.25, 0.3) is 11.6 Å². The highest BCUT2D eigenvalue weighted by atomic mass is 16.7. The molecule has 1 aliphatic heterocycles. The van der Waals surface area contributed by atoms with Crippen LogP contribution in [-0.2, 0) is 5.41 Å². The third-order valence-corrected chi connectivity index (χ3v) is 4.10. The first kappa shape index (κ1) is 18.4. The molecular weight excluding hydrogens is 350 g/mol. The Kier molecular flexibility index (Phi) is 4.81. The van der Waals surface area contributed by atoms with Gasteiger partial charge in [-0.3, -0.25) is 14.9 Å². The largest absolute Gasteiger partial charge is 0.454 e. The maximum Gasteiger partial charge on any atom is 0.282 e. The van der Waals surface area contributed by atoms with Crippen LogP contribution in [0.1, 0.15) is 42.3 Å². The summed E-state index contributed by atoms with van der Waals surface area (Å²) in [6, 6.07) is 9.94. The quantitative estimate of drug-likeness (QED) is 0.505. The molecule has 8 nitrogen and oxygen atoms in total. The van der Waals surface area contributed by atoms with Crippen LogP contribution in [0.2, 0.25) is 0 Å². The van der Waals surface area contributed by atoms with Crippen molar-refractivity contribution in [1.29, 1.82) is 0 Å². The number of carbonyl (C=O) groups excluding carboxylic acids is 1. The maximum absolute atomic E-state index is 12.2. The number of benzene rings is 2. The van der Waals surface area contributed by atoms with Crippen molar-refractivity contribution in [2.75, 3.05) is 6.79 Å². The Labute approximate surface area is 155 Å². The van der Waals surface area contributed by atoms with E-state index in [0.717, 1.165) is 5.56 Å². The number of amides is 1. The Morgan fingerprint density at radius 3 is 2.41 bits per heavy atom. The van der Waals surface area contributed by atoms with Gasteiger partial charge in [-0.1, -0.05) is 32.9 Å². The topological polar surface area (TPSA) is 103 Å². The summed E-state index contributed by atoms with van der Waals surface area (Å²) in [7, 11) is 0. The minimum absolute atomic E-state index is 0.00831. The SMILES string of the molecule is CC(C)(C)c1ccc(C(=O)NN=Cc2cc3c(cc2[N+](=O)[O-])OCO3)cc1. The zero-order chi connectivity index (χ0) is 19.6. The van der Waals surface area contributed by atoms with Gasteiger partial charge in [0.15, 0.2) is 11.5 Å². The van der Waals surface area contributed by atoms with Crippen molar-refractivity contribution in [3.8, 4) is 11.5 Å². The molecular formula is C19H19N3O5. The van der Waals surface area contributed by atoms with Crippen LogP contribution in [-0.4, -0.2) is 23.8 Å².